The van der Waals surface area contributed by atoms with Gasteiger partial charge in [-0.2, -0.15) is 0 Å². The molecule has 1 aromatic heterocycles. The molecular weight excluding hydrogens is 332 g/mol. The molecule has 0 bridgehead atoms. The van der Waals surface area contributed by atoms with Crippen molar-refractivity contribution >= 4 is 22.0 Å². The Morgan fingerprint density at radius 2 is 2.15 bits per heavy atom. The second kappa shape index (κ2) is 6.04. The summed E-state index contributed by atoms with van der Waals surface area (Å²) in [7, 11) is 0. The monoisotopic (exact) mass is 346 g/mol. The van der Waals surface area contributed by atoms with Crippen LogP contribution < -0.4 is 11.2 Å². The van der Waals surface area contributed by atoms with Gasteiger partial charge in [-0.05, 0) is 17.5 Å². The van der Waals surface area contributed by atoms with E-state index >= 15 is 0 Å². The Kier molecular flexibility index (Phi) is 4.59. The van der Waals surface area contributed by atoms with E-state index in [9.17, 15) is 19.8 Å². The Hall–Kier alpha value is -1.22. The molecule has 1 aromatic rings. The molecule has 0 aliphatic heterocycles. The Morgan fingerprint density at radius 3 is 2.70 bits per heavy atom. The molecule has 0 aromatic carbocycles. The van der Waals surface area contributed by atoms with Gasteiger partial charge in [-0.25, -0.2) is 4.79 Å². The van der Waals surface area contributed by atoms with E-state index < -0.39 is 35.4 Å². The summed E-state index contributed by atoms with van der Waals surface area (Å²) in [5, 5.41) is 29.0. The fraction of sp³-hybridized carbons (Fsp3) is 0.500. The van der Waals surface area contributed by atoms with Crippen molar-refractivity contribution in [2.75, 3.05) is 6.61 Å². The first-order valence-corrected chi connectivity index (χ1v) is 7.00. The first-order valence-electron chi connectivity index (χ1n) is 6.08. The zero-order chi connectivity index (χ0) is 14.9. The SMILES string of the molecule is O=c1[nH]c(=O)n([C@H]2C[C@H](O)[C@@H](CO)[C@H]2O)cc1C=CBr. The second-order valence-corrected chi connectivity index (χ2v) is 5.28. The number of aromatic nitrogens is 2. The lowest BCUT2D eigenvalue weighted by Gasteiger charge is -2.20. The molecule has 110 valence electrons. The van der Waals surface area contributed by atoms with Crippen LogP contribution in [0.4, 0.5) is 0 Å². The zero-order valence-corrected chi connectivity index (χ0v) is 12.0. The lowest BCUT2D eigenvalue weighted by molar-refractivity contribution is 0.0207. The van der Waals surface area contributed by atoms with Gasteiger partial charge >= 0.3 is 5.69 Å². The van der Waals surface area contributed by atoms with Crippen LogP contribution in [-0.4, -0.2) is 43.7 Å². The molecule has 0 saturated heterocycles. The highest BCUT2D eigenvalue weighted by molar-refractivity contribution is 9.11. The summed E-state index contributed by atoms with van der Waals surface area (Å²) in [5.41, 5.74) is -0.944. The van der Waals surface area contributed by atoms with Gasteiger partial charge in [-0.1, -0.05) is 15.9 Å². The van der Waals surface area contributed by atoms with E-state index in [-0.39, 0.29) is 18.6 Å². The minimum Gasteiger partial charge on any atom is -0.396 e. The maximum Gasteiger partial charge on any atom is 0.328 e. The molecule has 4 atom stereocenters. The summed E-state index contributed by atoms with van der Waals surface area (Å²) in [6, 6.07) is -0.686. The van der Waals surface area contributed by atoms with E-state index in [4.69, 9.17) is 5.11 Å². The van der Waals surface area contributed by atoms with Crippen LogP contribution in [0.1, 0.15) is 18.0 Å². The van der Waals surface area contributed by atoms with Crippen molar-refractivity contribution in [2.45, 2.75) is 24.7 Å². The summed E-state index contributed by atoms with van der Waals surface area (Å²) in [4.78, 5) is 27.1. The quantitative estimate of drug-likeness (QED) is 0.570. The summed E-state index contributed by atoms with van der Waals surface area (Å²) in [5.74, 6) is -0.700. The largest absolute Gasteiger partial charge is 0.396 e. The van der Waals surface area contributed by atoms with E-state index in [1.807, 2.05) is 0 Å². The van der Waals surface area contributed by atoms with Gasteiger partial charge < -0.3 is 15.3 Å². The maximum absolute atomic E-state index is 11.8. The summed E-state index contributed by atoms with van der Waals surface area (Å²) in [6.45, 7) is -0.370. The number of halogens is 1. The third-order valence-electron chi connectivity index (χ3n) is 3.62. The lowest BCUT2D eigenvalue weighted by atomic mass is 10.0. The molecule has 1 aliphatic carbocycles. The number of nitrogens with one attached hydrogen (secondary N) is 1. The molecule has 1 heterocycles. The van der Waals surface area contributed by atoms with Crippen LogP contribution in [-0.2, 0) is 0 Å². The third kappa shape index (κ3) is 2.64. The topological polar surface area (TPSA) is 116 Å². The molecule has 1 fully saturated rings. The fourth-order valence-electron chi connectivity index (χ4n) is 2.52. The molecule has 1 saturated carbocycles. The van der Waals surface area contributed by atoms with Gasteiger partial charge in [-0.3, -0.25) is 14.3 Å². The molecule has 0 amide bonds. The highest BCUT2D eigenvalue weighted by Gasteiger charge is 2.42. The minimum absolute atomic E-state index is 0.135. The number of nitrogens with zero attached hydrogens (tertiary/aromatic N) is 1. The average Bonchev–Trinajstić information content (AvgIpc) is 2.68. The summed E-state index contributed by atoms with van der Waals surface area (Å²) < 4.78 is 1.19. The van der Waals surface area contributed by atoms with Crippen molar-refractivity contribution in [3.05, 3.63) is 37.6 Å². The number of aliphatic hydroxyl groups excluding tert-OH is 3. The number of H-pyrrole nitrogens is 1. The van der Waals surface area contributed by atoms with Crippen LogP contribution in [0.25, 0.3) is 6.08 Å². The first kappa shape index (κ1) is 15.2. The Balaban J connectivity index is 2.46. The van der Waals surface area contributed by atoms with Crippen LogP contribution in [0.2, 0.25) is 0 Å². The number of hydrogen-bond acceptors (Lipinski definition) is 5. The van der Waals surface area contributed by atoms with Crippen LogP contribution in [0.15, 0.2) is 20.8 Å². The summed E-state index contributed by atoms with van der Waals surface area (Å²) in [6.07, 6.45) is 0.985. The molecule has 1 aliphatic rings. The smallest absolute Gasteiger partial charge is 0.328 e. The molecule has 0 unspecified atom stereocenters. The van der Waals surface area contributed by atoms with Gasteiger partial charge in [-0.15, -0.1) is 0 Å². The van der Waals surface area contributed by atoms with Gasteiger partial charge in [0.15, 0.2) is 0 Å². The van der Waals surface area contributed by atoms with E-state index in [0.29, 0.717) is 0 Å². The predicted molar refractivity (Wildman–Crippen MR) is 75.5 cm³/mol. The molecule has 4 N–H and O–H groups in total. The van der Waals surface area contributed by atoms with Crippen molar-refractivity contribution in [1.29, 1.82) is 0 Å². The minimum atomic E-state index is -1.06. The van der Waals surface area contributed by atoms with E-state index in [1.165, 1.54) is 21.8 Å². The highest BCUT2D eigenvalue weighted by Crippen LogP contribution is 2.34. The van der Waals surface area contributed by atoms with Gasteiger partial charge in [0, 0.05) is 12.1 Å². The van der Waals surface area contributed by atoms with Gasteiger partial charge in [0.25, 0.3) is 5.56 Å². The fourth-order valence-corrected chi connectivity index (χ4v) is 2.80. The number of rotatable bonds is 3. The molecule has 8 heteroatoms. The lowest BCUT2D eigenvalue weighted by Crippen LogP contribution is -2.37. The van der Waals surface area contributed by atoms with Gasteiger partial charge in [0.05, 0.1) is 30.4 Å². The second-order valence-electron chi connectivity index (χ2n) is 4.75. The van der Waals surface area contributed by atoms with Crippen LogP contribution in [0.5, 0.6) is 0 Å². The predicted octanol–water partition coefficient (Wildman–Crippen LogP) is -0.823. The van der Waals surface area contributed by atoms with Crippen LogP contribution >= 0.6 is 15.9 Å². The number of aliphatic hydroxyl groups is 3. The van der Waals surface area contributed by atoms with Crippen molar-refractivity contribution in [3.8, 4) is 0 Å². The first-order chi connectivity index (χ1) is 9.49. The molecule has 7 nitrogen and oxygen atoms in total. The van der Waals surface area contributed by atoms with E-state index in [0.717, 1.165) is 0 Å². The molecule has 20 heavy (non-hydrogen) atoms. The highest BCUT2D eigenvalue weighted by atomic mass is 79.9. The molecule has 0 radical (unpaired) electrons. The van der Waals surface area contributed by atoms with Crippen LogP contribution in [0.3, 0.4) is 0 Å². The van der Waals surface area contributed by atoms with Crippen LogP contribution in [0, 0.1) is 5.92 Å². The summed E-state index contributed by atoms with van der Waals surface area (Å²) >= 11 is 3.05. The van der Waals surface area contributed by atoms with Gasteiger partial charge in [0.2, 0.25) is 0 Å². The van der Waals surface area contributed by atoms with E-state index in [2.05, 4.69) is 20.9 Å². The zero-order valence-electron chi connectivity index (χ0n) is 10.4. The third-order valence-corrected chi connectivity index (χ3v) is 3.88. The van der Waals surface area contributed by atoms with Crippen molar-refractivity contribution in [3.63, 3.8) is 0 Å². The Labute approximate surface area is 122 Å². The normalized spacial score (nSPS) is 30.2. The standard InChI is InChI=1S/C12H15BrN2O5/c13-2-1-6-4-15(12(20)14-11(6)19)8-3-9(17)7(5-16)10(8)18/h1-2,4,7-10,16-18H,3,5H2,(H,14,19,20)/t7-,8+,9+,10-/m1/s1. The molecule has 0 spiro atoms. The Morgan fingerprint density at radius 1 is 1.45 bits per heavy atom. The number of hydrogen-bond donors (Lipinski definition) is 4. The van der Waals surface area contributed by atoms with Crippen molar-refractivity contribution in [1.82, 2.24) is 9.55 Å². The molecule has 2 rings (SSSR count). The average molecular weight is 347 g/mol. The van der Waals surface area contributed by atoms with Crippen molar-refractivity contribution < 1.29 is 15.3 Å². The maximum atomic E-state index is 11.8. The molecular formula is C12H15BrN2O5. The Bertz CT molecular complexity index is 623. The van der Waals surface area contributed by atoms with Gasteiger partial charge in [0.1, 0.15) is 0 Å². The number of aromatic amines is 1. The van der Waals surface area contributed by atoms with E-state index in [1.54, 1.807) is 0 Å². The van der Waals surface area contributed by atoms with Crippen molar-refractivity contribution in [2.24, 2.45) is 5.92 Å².